The first-order valence-corrected chi connectivity index (χ1v) is 12.5. The number of hydrogen-bond donors (Lipinski definition) is 1. The Hall–Kier alpha value is -3.74. The van der Waals surface area contributed by atoms with Crippen molar-refractivity contribution in [1.82, 2.24) is 14.9 Å². The molecule has 180 valence electrons. The maximum Gasteiger partial charge on any atom is 0.276 e. The lowest BCUT2D eigenvalue weighted by Crippen LogP contribution is -2.35. The lowest BCUT2D eigenvalue weighted by molar-refractivity contribution is 0.0724. The number of carbonyl (C=O) groups excluding carboxylic acids is 2. The Balaban J connectivity index is 1.33. The fraction of sp³-hybridized carbons (Fsp3) is 0.357. The van der Waals surface area contributed by atoms with Crippen LogP contribution in [0.3, 0.4) is 0 Å². The van der Waals surface area contributed by atoms with E-state index < -0.39 is 0 Å². The van der Waals surface area contributed by atoms with E-state index in [1.807, 2.05) is 53.4 Å². The summed E-state index contributed by atoms with van der Waals surface area (Å²) in [5.41, 5.74) is 4.70. The van der Waals surface area contributed by atoms with Crippen molar-refractivity contribution in [2.45, 2.75) is 39.0 Å². The molecule has 2 aliphatic heterocycles. The smallest absolute Gasteiger partial charge is 0.276 e. The van der Waals surface area contributed by atoms with Gasteiger partial charge in [0.1, 0.15) is 5.69 Å². The van der Waals surface area contributed by atoms with Crippen molar-refractivity contribution >= 4 is 23.2 Å². The molecule has 7 nitrogen and oxygen atoms in total. The summed E-state index contributed by atoms with van der Waals surface area (Å²) in [5, 5.41) is 2.95. The molecule has 1 aromatic heterocycles. The molecule has 2 fully saturated rings. The number of aryl methyl sites for hydroxylation is 1. The summed E-state index contributed by atoms with van der Waals surface area (Å²) in [7, 11) is 0. The van der Waals surface area contributed by atoms with Crippen molar-refractivity contribution in [1.29, 1.82) is 0 Å². The highest BCUT2D eigenvalue weighted by Gasteiger charge is 2.20. The molecule has 0 bridgehead atoms. The predicted octanol–water partition coefficient (Wildman–Crippen LogP) is 4.93. The first-order valence-electron chi connectivity index (χ1n) is 12.5. The maximum absolute atomic E-state index is 13.1. The Morgan fingerprint density at radius 1 is 0.886 bits per heavy atom. The van der Waals surface area contributed by atoms with E-state index in [4.69, 9.17) is 0 Å². The number of likely N-dealkylation sites (tertiary alicyclic amines) is 1. The van der Waals surface area contributed by atoms with E-state index in [-0.39, 0.29) is 17.5 Å². The number of aromatic nitrogens is 2. The van der Waals surface area contributed by atoms with Gasteiger partial charge in [-0.2, -0.15) is 0 Å². The molecule has 1 N–H and O–H groups in total. The standard InChI is InChI=1S/C28H31N5O2/c1-20-26(27(34)30-23-10-12-24(13-11-23)32-14-5-6-15-32)31-25(19-29-20)21-8-7-9-22(18-21)28(35)33-16-3-2-4-17-33/h7-13,18-19H,2-6,14-17H2,1H3,(H,30,34). The molecule has 2 saturated heterocycles. The van der Waals surface area contributed by atoms with Crippen LogP contribution in [0.1, 0.15) is 58.6 Å². The third kappa shape index (κ3) is 5.19. The predicted molar refractivity (Wildman–Crippen MR) is 138 cm³/mol. The van der Waals surface area contributed by atoms with Crippen molar-refractivity contribution in [3.8, 4) is 11.3 Å². The molecular weight excluding hydrogens is 438 g/mol. The number of benzene rings is 2. The quantitative estimate of drug-likeness (QED) is 0.573. The van der Waals surface area contributed by atoms with Gasteiger partial charge in [0.15, 0.2) is 0 Å². The van der Waals surface area contributed by atoms with Crippen LogP contribution in [0.15, 0.2) is 54.7 Å². The van der Waals surface area contributed by atoms with Crippen LogP contribution in [-0.4, -0.2) is 52.9 Å². The molecule has 0 atom stereocenters. The van der Waals surface area contributed by atoms with E-state index in [9.17, 15) is 9.59 Å². The Kier molecular flexibility index (Phi) is 6.75. The van der Waals surface area contributed by atoms with Crippen LogP contribution in [0.4, 0.5) is 11.4 Å². The highest BCUT2D eigenvalue weighted by atomic mass is 16.2. The Bertz CT molecular complexity index is 1210. The number of carbonyl (C=O) groups is 2. The lowest BCUT2D eigenvalue weighted by Gasteiger charge is -2.26. The van der Waals surface area contributed by atoms with Crippen LogP contribution < -0.4 is 10.2 Å². The molecule has 0 unspecified atom stereocenters. The minimum absolute atomic E-state index is 0.0435. The van der Waals surface area contributed by atoms with Gasteiger partial charge in [-0.15, -0.1) is 0 Å². The van der Waals surface area contributed by atoms with Gasteiger partial charge >= 0.3 is 0 Å². The molecular formula is C28H31N5O2. The molecule has 2 amide bonds. The van der Waals surface area contributed by atoms with Crippen molar-refractivity contribution in [3.63, 3.8) is 0 Å². The number of hydrogen-bond acceptors (Lipinski definition) is 5. The number of nitrogens with one attached hydrogen (secondary N) is 1. The van der Waals surface area contributed by atoms with Crippen LogP contribution >= 0.6 is 0 Å². The summed E-state index contributed by atoms with van der Waals surface area (Å²) >= 11 is 0. The van der Waals surface area contributed by atoms with Gasteiger partial charge in [0.2, 0.25) is 0 Å². The Labute approximate surface area is 206 Å². The zero-order valence-electron chi connectivity index (χ0n) is 20.2. The number of piperidine rings is 1. The van der Waals surface area contributed by atoms with E-state index >= 15 is 0 Å². The Morgan fingerprint density at radius 2 is 1.60 bits per heavy atom. The number of anilines is 2. The monoisotopic (exact) mass is 469 g/mol. The summed E-state index contributed by atoms with van der Waals surface area (Å²) in [5.74, 6) is -0.256. The lowest BCUT2D eigenvalue weighted by atomic mass is 10.1. The zero-order valence-corrected chi connectivity index (χ0v) is 20.2. The van der Waals surface area contributed by atoms with Gasteiger partial charge in [-0.1, -0.05) is 12.1 Å². The van der Waals surface area contributed by atoms with Crippen LogP contribution in [0.25, 0.3) is 11.3 Å². The number of nitrogens with zero attached hydrogens (tertiary/aromatic N) is 4. The normalized spacial score (nSPS) is 15.8. The largest absolute Gasteiger partial charge is 0.372 e. The molecule has 2 aromatic carbocycles. The number of amides is 2. The van der Waals surface area contributed by atoms with Crippen LogP contribution in [-0.2, 0) is 0 Å². The van der Waals surface area contributed by atoms with Gasteiger partial charge in [-0.05, 0) is 75.4 Å². The van der Waals surface area contributed by atoms with Gasteiger partial charge in [0.25, 0.3) is 11.8 Å². The third-order valence-electron chi connectivity index (χ3n) is 6.82. The fourth-order valence-electron chi connectivity index (χ4n) is 4.82. The van der Waals surface area contributed by atoms with Crippen molar-refractivity contribution in [2.24, 2.45) is 0 Å². The van der Waals surface area contributed by atoms with Crippen molar-refractivity contribution in [2.75, 3.05) is 36.4 Å². The average molecular weight is 470 g/mol. The molecule has 0 spiro atoms. The van der Waals surface area contributed by atoms with Crippen LogP contribution in [0.2, 0.25) is 0 Å². The molecule has 0 radical (unpaired) electrons. The summed E-state index contributed by atoms with van der Waals surface area (Å²) in [6.45, 7) is 5.54. The SMILES string of the molecule is Cc1ncc(-c2cccc(C(=O)N3CCCCC3)c2)nc1C(=O)Nc1ccc(N2CCCC2)cc1. The van der Waals surface area contributed by atoms with E-state index in [1.165, 1.54) is 24.9 Å². The first-order chi connectivity index (χ1) is 17.1. The fourth-order valence-corrected chi connectivity index (χ4v) is 4.82. The van der Waals surface area contributed by atoms with Gasteiger partial charge in [-0.25, -0.2) is 4.98 Å². The molecule has 0 aliphatic carbocycles. The van der Waals surface area contributed by atoms with E-state index in [0.29, 0.717) is 17.0 Å². The first kappa shape index (κ1) is 23.0. The van der Waals surface area contributed by atoms with Crippen molar-refractivity contribution in [3.05, 3.63) is 71.7 Å². The minimum Gasteiger partial charge on any atom is -0.372 e. The Morgan fingerprint density at radius 3 is 2.34 bits per heavy atom. The maximum atomic E-state index is 13.1. The van der Waals surface area contributed by atoms with E-state index in [1.54, 1.807) is 13.1 Å². The zero-order chi connectivity index (χ0) is 24.2. The highest BCUT2D eigenvalue weighted by Crippen LogP contribution is 2.24. The second-order valence-corrected chi connectivity index (χ2v) is 9.32. The van der Waals surface area contributed by atoms with Gasteiger partial charge in [0, 0.05) is 48.7 Å². The number of rotatable bonds is 5. The van der Waals surface area contributed by atoms with Crippen molar-refractivity contribution < 1.29 is 9.59 Å². The summed E-state index contributed by atoms with van der Waals surface area (Å²) < 4.78 is 0. The molecule has 3 heterocycles. The molecule has 7 heteroatoms. The summed E-state index contributed by atoms with van der Waals surface area (Å²) in [6.07, 6.45) is 7.38. The molecule has 3 aromatic rings. The summed E-state index contributed by atoms with van der Waals surface area (Å²) in [4.78, 5) is 39.3. The molecule has 35 heavy (non-hydrogen) atoms. The van der Waals surface area contributed by atoms with Gasteiger partial charge in [0.05, 0.1) is 17.6 Å². The molecule has 2 aliphatic rings. The molecule has 5 rings (SSSR count). The second kappa shape index (κ2) is 10.3. The highest BCUT2D eigenvalue weighted by molar-refractivity contribution is 6.04. The van der Waals surface area contributed by atoms with Crippen LogP contribution in [0, 0.1) is 6.92 Å². The third-order valence-corrected chi connectivity index (χ3v) is 6.82. The van der Waals surface area contributed by atoms with E-state index in [0.717, 1.165) is 50.3 Å². The second-order valence-electron chi connectivity index (χ2n) is 9.32. The van der Waals surface area contributed by atoms with Gasteiger partial charge in [-0.3, -0.25) is 14.6 Å². The summed E-state index contributed by atoms with van der Waals surface area (Å²) in [6, 6.07) is 15.4. The van der Waals surface area contributed by atoms with Gasteiger partial charge < -0.3 is 15.1 Å². The van der Waals surface area contributed by atoms with Crippen LogP contribution in [0.5, 0.6) is 0 Å². The van der Waals surface area contributed by atoms with E-state index in [2.05, 4.69) is 20.2 Å². The minimum atomic E-state index is -0.300. The average Bonchev–Trinajstić information content (AvgIpc) is 3.45. The molecule has 0 saturated carbocycles. The topological polar surface area (TPSA) is 78.4 Å².